The molecule has 1 unspecified atom stereocenters. The second-order valence-corrected chi connectivity index (χ2v) is 4.22. The van der Waals surface area contributed by atoms with Crippen molar-refractivity contribution in [3.05, 3.63) is 0 Å². The van der Waals surface area contributed by atoms with Gasteiger partial charge >= 0.3 is 0 Å². The lowest BCUT2D eigenvalue weighted by Crippen LogP contribution is -2.43. The van der Waals surface area contributed by atoms with Gasteiger partial charge in [0, 0.05) is 13.1 Å². The van der Waals surface area contributed by atoms with Crippen molar-refractivity contribution in [1.82, 2.24) is 4.90 Å². The third kappa shape index (κ3) is 6.02. The van der Waals surface area contributed by atoms with Crippen molar-refractivity contribution in [1.29, 1.82) is 0 Å². The number of halogens is 2. The molecule has 0 aromatic heterocycles. The van der Waals surface area contributed by atoms with E-state index < -0.39 is 6.43 Å². The number of nitrogens with zero attached hydrogens (tertiary/aromatic N) is 1. The minimum Gasteiger partial charge on any atom is -0.395 e. The maximum Gasteiger partial charge on any atom is 0.251 e. The van der Waals surface area contributed by atoms with Crippen LogP contribution in [0, 0.1) is 5.41 Å². The van der Waals surface area contributed by atoms with Crippen LogP contribution in [0.25, 0.3) is 0 Å². The van der Waals surface area contributed by atoms with Crippen LogP contribution in [-0.4, -0.2) is 49.2 Å². The molecule has 0 fully saturated rings. The number of rotatable bonds is 8. The summed E-state index contributed by atoms with van der Waals surface area (Å²) in [7, 11) is 0. The topological polar surface area (TPSA) is 49.5 Å². The zero-order valence-electron chi connectivity index (χ0n) is 9.55. The standard InChI is InChI=1S/C10H22F2N2O/c1-3-10(2,7-13)8-14(4-5-15)6-9(11)12/h9,15H,3-8,13H2,1-2H3. The van der Waals surface area contributed by atoms with Crippen LogP contribution in [0.15, 0.2) is 0 Å². The number of nitrogens with two attached hydrogens (primary N) is 1. The van der Waals surface area contributed by atoms with Crippen molar-refractivity contribution < 1.29 is 13.9 Å². The van der Waals surface area contributed by atoms with Gasteiger partial charge in [-0.25, -0.2) is 8.78 Å². The van der Waals surface area contributed by atoms with E-state index in [1.165, 1.54) is 0 Å². The summed E-state index contributed by atoms with van der Waals surface area (Å²) in [4.78, 5) is 1.57. The molecule has 0 heterocycles. The number of aliphatic hydroxyl groups is 1. The van der Waals surface area contributed by atoms with Gasteiger partial charge in [-0.2, -0.15) is 0 Å². The van der Waals surface area contributed by atoms with Gasteiger partial charge in [0.1, 0.15) is 0 Å². The Hall–Kier alpha value is -0.260. The van der Waals surface area contributed by atoms with E-state index in [1.54, 1.807) is 4.90 Å². The van der Waals surface area contributed by atoms with E-state index in [1.807, 2.05) is 13.8 Å². The monoisotopic (exact) mass is 224 g/mol. The zero-order valence-corrected chi connectivity index (χ0v) is 9.55. The summed E-state index contributed by atoms with van der Waals surface area (Å²) in [6.45, 7) is 4.82. The lowest BCUT2D eigenvalue weighted by molar-refractivity contribution is 0.0551. The van der Waals surface area contributed by atoms with Crippen molar-refractivity contribution in [3.8, 4) is 0 Å². The Balaban J connectivity index is 4.24. The number of hydrogen-bond donors (Lipinski definition) is 2. The fraction of sp³-hybridized carbons (Fsp3) is 1.00. The average molecular weight is 224 g/mol. The summed E-state index contributed by atoms with van der Waals surface area (Å²) >= 11 is 0. The summed E-state index contributed by atoms with van der Waals surface area (Å²) < 4.78 is 24.5. The molecule has 0 saturated carbocycles. The van der Waals surface area contributed by atoms with E-state index in [0.717, 1.165) is 6.42 Å². The maximum atomic E-state index is 12.2. The molecule has 0 bridgehead atoms. The first-order valence-electron chi connectivity index (χ1n) is 5.29. The van der Waals surface area contributed by atoms with Gasteiger partial charge in [-0.15, -0.1) is 0 Å². The quantitative estimate of drug-likeness (QED) is 0.644. The largest absolute Gasteiger partial charge is 0.395 e. The Morgan fingerprint density at radius 2 is 2.07 bits per heavy atom. The van der Waals surface area contributed by atoms with Gasteiger partial charge in [0.05, 0.1) is 13.2 Å². The minimum absolute atomic E-state index is 0.100. The number of alkyl halides is 2. The number of aliphatic hydroxyl groups excluding tert-OH is 1. The molecule has 0 aromatic rings. The third-order valence-corrected chi connectivity index (χ3v) is 2.76. The fourth-order valence-electron chi connectivity index (χ4n) is 1.43. The van der Waals surface area contributed by atoms with Crippen LogP contribution in [0.3, 0.4) is 0 Å². The van der Waals surface area contributed by atoms with Gasteiger partial charge in [-0.1, -0.05) is 13.8 Å². The molecule has 15 heavy (non-hydrogen) atoms. The van der Waals surface area contributed by atoms with E-state index in [0.29, 0.717) is 13.1 Å². The Morgan fingerprint density at radius 3 is 2.40 bits per heavy atom. The Bertz CT molecular complexity index is 164. The SMILES string of the molecule is CCC(C)(CN)CN(CCO)CC(F)F. The minimum atomic E-state index is -2.37. The number of hydrogen-bond acceptors (Lipinski definition) is 3. The molecule has 1 atom stereocenters. The predicted octanol–water partition coefficient (Wildman–Crippen LogP) is 0.921. The van der Waals surface area contributed by atoms with E-state index in [9.17, 15) is 8.78 Å². The summed E-state index contributed by atoms with van der Waals surface area (Å²) in [6, 6.07) is 0. The first-order chi connectivity index (χ1) is 6.97. The van der Waals surface area contributed by atoms with Crippen molar-refractivity contribution in [2.75, 3.05) is 32.8 Å². The maximum absolute atomic E-state index is 12.2. The smallest absolute Gasteiger partial charge is 0.251 e. The van der Waals surface area contributed by atoms with Gasteiger partial charge in [-0.3, -0.25) is 4.90 Å². The molecular weight excluding hydrogens is 202 g/mol. The summed E-state index contributed by atoms with van der Waals surface area (Å²) in [5.41, 5.74) is 5.47. The second kappa shape index (κ2) is 7.09. The molecule has 0 rings (SSSR count). The van der Waals surface area contributed by atoms with Crippen molar-refractivity contribution in [2.24, 2.45) is 11.1 Å². The van der Waals surface area contributed by atoms with Crippen molar-refractivity contribution in [3.63, 3.8) is 0 Å². The fourth-order valence-corrected chi connectivity index (χ4v) is 1.43. The van der Waals surface area contributed by atoms with Gasteiger partial charge in [0.25, 0.3) is 6.43 Å². The van der Waals surface area contributed by atoms with Crippen LogP contribution < -0.4 is 5.73 Å². The molecule has 0 aliphatic heterocycles. The Morgan fingerprint density at radius 1 is 1.47 bits per heavy atom. The molecule has 0 saturated heterocycles. The summed E-state index contributed by atoms with van der Waals surface area (Å²) in [5.74, 6) is 0. The van der Waals surface area contributed by atoms with E-state index in [2.05, 4.69) is 0 Å². The zero-order chi connectivity index (χ0) is 11.9. The first-order valence-corrected chi connectivity index (χ1v) is 5.29. The molecule has 3 nitrogen and oxygen atoms in total. The highest BCUT2D eigenvalue weighted by Crippen LogP contribution is 2.21. The summed E-state index contributed by atoms with van der Waals surface area (Å²) in [6.07, 6.45) is -1.52. The molecule has 0 aromatic carbocycles. The molecule has 92 valence electrons. The van der Waals surface area contributed by atoms with Crippen LogP contribution in [0.2, 0.25) is 0 Å². The second-order valence-electron chi connectivity index (χ2n) is 4.22. The van der Waals surface area contributed by atoms with Crippen LogP contribution in [0.5, 0.6) is 0 Å². The van der Waals surface area contributed by atoms with Gasteiger partial charge in [0.15, 0.2) is 0 Å². The molecule has 3 N–H and O–H groups in total. The molecule has 0 aliphatic carbocycles. The van der Waals surface area contributed by atoms with Crippen molar-refractivity contribution in [2.45, 2.75) is 26.7 Å². The van der Waals surface area contributed by atoms with E-state index in [4.69, 9.17) is 10.8 Å². The Labute approximate surface area is 90.2 Å². The molecule has 0 aliphatic rings. The molecular formula is C10H22F2N2O. The van der Waals surface area contributed by atoms with Crippen LogP contribution in [0.4, 0.5) is 8.78 Å². The van der Waals surface area contributed by atoms with E-state index >= 15 is 0 Å². The van der Waals surface area contributed by atoms with Crippen LogP contribution in [0.1, 0.15) is 20.3 Å². The van der Waals surface area contributed by atoms with Gasteiger partial charge in [0.2, 0.25) is 0 Å². The van der Waals surface area contributed by atoms with Gasteiger partial charge < -0.3 is 10.8 Å². The molecule has 0 amide bonds. The normalized spacial score (nSPS) is 16.0. The molecule has 0 radical (unpaired) electrons. The van der Waals surface area contributed by atoms with E-state index in [-0.39, 0.29) is 25.1 Å². The average Bonchev–Trinajstić information content (AvgIpc) is 2.17. The third-order valence-electron chi connectivity index (χ3n) is 2.76. The highest BCUT2D eigenvalue weighted by Gasteiger charge is 2.24. The van der Waals surface area contributed by atoms with Crippen LogP contribution >= 0.6 is 0 Å². The lowest BCUT2D eigenvalue weighted by Gasteiger charge is -2.33. The summed E-state index contributed by atoms with van der Waals surface area (Å²) in [5, 5.41) is 8.77. The van der Waals surface area contributed by atoms with Crippen molar-refractivity contribution >= 4 is 0 Å². The molecule has 5 heteroatoms. The first kappa shape index (κ1) is 14.7. The predicted molar refractivity (Wildman–Crippen MR) is 57.0 cm³/mol. The highest BCUT2D eigenvalue weighted by molar-refractivity contribution is 4.78. The molecule has 0 spiro atoms. The Kier molecular flexibility index (Phi) is 6.96. The van der Waals surface area contributed by atoms with Gasteiger partial charge in [-0.05, 0) is 18.4 Å². The van der Waals surface area contributed by atoms with Crippen LogP contribution in [-0.2, 0) is 0 Å². The highest BCUT2D eigenvalue weighted by atomic mass is 19.3. The lowest BCUT2D eigenvalue weighted by atomic mass is 9.87.